The summed E-state index contributed by atoms with van der Waals surface area (Å²) in [6.07, 6.45) is -4.49. The summed E-state index contributed by atoms with van der Waals surface area (Å²) in [6.45, 7) is 0.0817. The van der Waals surface area contributed by atoms with Crippen LogP contribution in [-0.2, 0) is 12.7 Å². The first-order valence-electron chi connectivity index (χ1n) is 6.79. The van der Waals surface area contributed by atoms with Crippen LogP contribution >= 0.6 is 11.6 Å². The Labute approximate surface area is 136 Å². The second-order valence-electron chi connectivity index (χ2n) is 5.07. The number of alkyl halides is 3. The molecular weight excluding hydrogens is 327 g/mol. The number of nitrogens with zero attached hydrogens (tertiary/aromatic N) is 1. The van der Waals surface area contributed by atoms with Gasteiger partial charge in [0.2, 0.25) is 0 Å². The predicted octanol–water partition coefficient (Wildman–Crippen LogP) is 5.17. The van der Waals surface area contributed by atoms with E-state index in [9.17, 15) is 13.2 Å². The maximum atomic E-state index is 13.3. The standard InChI is InChI=1S/C17H12ClF3NO/c1-23-14-6-7-15-12(8-14)9-16(17(19,20)21)22(15)10-11-2-4-13(18)5-3-11/h2-8H,10H2,1H3. The van der Waals surface area contributed by atoms with Gasteiger partial charge >= 0.3 is 6.18 Å². The summed E-state index contributed by atoms with van der Waals surface area (Å²) in [5.41, 5.74) is 0.366. The molecule has 6 heteroatoms. The van der Waals surface area contributed by atoms with E-state index in [4.69, 9.17) is 16.3 Å². The van der Waals surface area contributed by atoms with Crippen LogP contribution in [0.1, 0.15) is 11.3 Å². The fraction of sp³-hybridized carbons (Fsp3) is 0.176. The quantitative estimate of drug-likeness (QED) is 0.642. The zero-order chi connectivity index (χ0) is 16.6. The molecule has 0 aliphatic rings. The number of fused-ring (bicyclic) bond motifs is 1. The Hall–Kier alpha value is -2.14. The minimum Gasteiger partial charge on any atom is -0.497 e. The Kier molecular flexibility index (Phi) is 3.98. The summed E-state index contributed by atoms with van der Waals surface area (Å²) in [7, 11) is 1.47. The third kappa shape index (κ3) is 3.15. The van der Waals surface area contributed by atoms with Crippen LogP contribution in [0.5, 0.6) is 5.75 Å². The van der Waals surface area contributed by atoms with Crippen LogP contribution in [0, 0.1) is 6.07 Å². The van der Waals surface area contributed by atoms with Gasteiger partial charge in [-0.3, -0.25) is 0 Å². The van der Waals surface area contributed by atoms with Crippen LogP contribution in [0.15, 0.2) is 42.5 Å². The summed E-state index contributed by atoms with van der Waals surface area (Å²) < 4.78 is 46.3. The van der Waals surface area contributed by atoms with Gasteiger partial charge in [-0.15, -0.1) is 0 Å². The number of rotatable bonds is 3. The van der Waals surface area contributed by atoms with Crippen molar-refractivity contribution >= 4 is 22.5 Å². The van der Waals surface area contributed by atoms with Crippen LogP contribution in [0.25, 0.3) is 10.9 Å². The van der Waals surface area contributed by atoms with Gasteiger partial charge in [-0.05, 0) is 35.9 Å². The first kappa shape index (κ1) is 15.7. The van der Waals surface area contributed by atoms with Crippen molar-refractivity contribution in [1.82, 2.24) is 4.57 Å². The van der Waals surface area contributed by atoms with Crippen LogP contribution in [-0.4, -0.2) is 11.7 Å². The fourth-order valence-corrected chi connectivity index (χ4v) is 2.58. The van der Waals surface area contributed by atoms with E-state index in [1.54, 1.807) is 42.5 Å². The molecule has 0 spiro atoms. The summed E-state index contributed by atoms with van der Waals surface area (Å²) >= 11 is 5.82. The summed E-state index contributed by atoms with van der Waals surface area (Å²) in [4.78, 5) is 0. The van der Waals surface area contributed by atoms with Crippen molar-refractivity contribution in [1.29, 1.82) is 0 Å². The van der Waals surface area contributed by atoms with Gasteiger partial charge in [0, 0.05) is 28.5 Å². The fourth-order valence-electron chi connectivity index (χ4n) is 2.45. The molecule has 0 fully saturated rings. The highest BCUT2D eigenvalue weighted by molar-refractivity contribution is 6.30. The number of ether oxygens (including phenoxy) is 1. The average molecular weight is 339 g/mol. The van der Waals surface area contributed by atoms with Gasteiger partial charge < -0.3 is 9.30 Å². The SMILES string of the molecule is COc1ccc2c([c]c(C(F)(F)F)n2Cc2ccc(Cl)cc2)c1. The van der Waals surface area contributed by atoms with E-state index < -0.39 is 11.9 Å². The molecule has 0 N–H and O–H groups in total. The van der Waals surface area contributed by atoms with Crippen LogP contribution in [0.2, 0.25) is 5.02 Å². The molecule has 0 aliphatic carbocycles. The van der Waals surface area contributed by atoms with Crippen LogP contribution < -0.4 is 4.74 Å². The largest absolute Gasteiger partial charge is 0.497 e. The van der Waals surface area contributed by atoms with E-state index >= 15 is 0 Å². The molecule has 23 heavy (non-hydrogen) atoms. The van der Waals surface area contributed by atoms with Crippen molar-refractivity contribution in [3.8, 4) is 5.75 Å². The number of hydrogen-bond donors (Lipinski definition) is 0. The van der Waals surface area contributed by atoms with Gasteiger partial charge in [-0.25, -0.2) is 0 Å². The van der Waals surface area contributed by atoms with Gasteiger partial charge in [0.1, 0.15) is 11.4 Å². The van der Waals surface area contributed by atoms with E-state index in [0.29, 0.717) is 21.7 Å². The zero-order valence-electron chi connectivity index (χ0n) is 12.1. The number of aromatic nitrogens is 1. The highest BCUT2D eigenvalue weighted by Gasteiger charge is 2.35. The lowest BCUT2D eigenvalue weighted by atomic mass is 10.2. The van der Waals surface area contributed by atoms with Crippen molar-refractivity contribution in [3.63, 3.8) is 0 Å². The Balaban J connectivity index is 2.14. The van der Waals surface area contributed by atoms with E-state index in [1.165, 1.54) is 11.7 Å². The molecule has 2 nitrogen and oxygen atoms in total. The molecule has 1 heterocycles. The molecule has 3 aromatic rings. The average Bonchev–Trinajstić information content (AvgIpc) is 2.87. The molecule has 1 aromatic heterocycles. The van der Waals surface area contributed by atoms with Crippen molar-refractivity contribution < 1.29 is 17.9 Å². The molecule has 0 atom stereocenters. The second kappa shape index (κ2) is 5.81. The molecule has 0 amide bonds. The Morgan fingerprint density at radius 1 is 1.13 bits per heavy atom. The first-order valence-corrected chi connectivity index (χ1v) is 7.17. The molecule has 0 bridgehead atoms. The van der Waals surface area contributed by atoms with E-state index in [1.807, 2.05) is 0 Å². The maximum Gasteiger partial charge on any atom is 0.432 e. The number of hydrogen-bond acceptors (Lipinski definition) is 1. The molecule has 0 aliphatic heterocycles. The summed E-state index contributed by atoms with van der Waals surface area (Å²) in [6, 6.07) is 14.0. The topological polar surface area (TPSA) is 14.2 Å². The molecular formula is C17H12ClF3NO. The van der Waals surface area contributed by atoms with Gasteiger partial charge in [-0.2, -0.15) is 13.2 Å². The minimum atomic E-state index is -4.49. The molecule has 0 unspecified atom stereocenters. The van der Waals surface area contributed by atoms with Crippen molar-refractivity contribution in [3.05, 3.63) is 64.8 Å². The second-order valence-corrected chi connectivity index (χ2v) is 5.50. The van der Waals surface area contributed by atoms with Gasteiger partial charge in [-0.1, -0.05) is 23.7 Å². The monoisotopic (exact) mass is 338 g/mol. The molecule has 3 rings (SSSR count). The molecule has 0 saturated carbocycles. The van der Waals surface area contributed by atoms with Gasteiger partial charge in [0.15, 0.2) is 0 Å². The first-order chi connectivity index (χ1) is 10.9. The molecule has 1 radical (unpaired) electrons. The lowest BCUT2D eigenvalue weighted by Gasteiger charge is -2.13. The maximum absolute atomic E-state index is 13.3. The number of benzene rings is 2. The highest BCUT2D eigenvalue weighted by atomic mass is 35.5. The summed E-state index contributed by atoms with van der Waals surface area (Å²) in [5, 5.41) is 0.907. The van der Waals surface area contributed by atoms with E-state index in [2.05, 4.69) is 6.07 Å². The van der Waals surface area contributed by atoms with Gasteiger partial charge in [0.25, 0.3) is 0 Å². The van der Waals surface area contributed by atoms with Gasteiger partial charge in [0.05, 0.1) is 7.11 Å². The minimum absolute atomic E-state index is 0.0817. The predicted molar refractivity (Wildman–Crippen MR) is 82.9 cm³/mol. The van der Waals surface area contributed by atoms with E-state index in [0.717, 1.165) is 5.56 Å². The van der Waals surface area contributed by atoms with Crippen molar-refractivity contribution in [2.75, 3.05) is 7.11 Å². The number of methoxy groups -OCH3 is 1. The molecule has 0 saturated heterocycles. The Bertz CT molecular complexity index is 837. The Morgan fingerprint density at radius 3 is 2.43 bits per heavy atom. The number of halogens is 4. The summed E-state index contributed by atoms with van der Waals surface area (Å²) in [5.74, 6) is 0.492. The van der Waals surface area contributed by atoms with Crippen molar-refractivity contribution in [2.24, 2.45) is 0 Å². The van der Waals surface area contributed by atoms with Crippen LogP contribution in [0.4, 0.5) is 13.2 Å². The zero-order valence-corrected chi connectivity index (χ0v) is 12.9. The normalized spacial score (nSPS) is 11.9. The smallest absolute Gasteiger partial charge is 0.432 e. The van der Waals surface area contributed by atoms with E-state index in [-0.39, 0.29) is 6.54 Å². The lowest BCUT2D eigenvalue weighted by Crippen LogP contribution is -2.14. The lowest BCUT2D eigenvalue weighted by molar-refractivity contribution is -0.143. The molecule has 119 valence electrons. The highest BCUT2D eigenvalue weighted by Crippen LogP contribution is 2.35. The van der Waals surface area contributed by atoms with Crippen LogP contribution in [0.3, 0.4) is 0 Å². The van der Waals surface area contributed by atoms with Crippen molar-refractivity contribution in [2.45, 2.75) is 12.7 Å². The molecule has 2 aromatic carbocycles. The Morgan fingerprint density at radius 2 is 1.83 bits per heavy atom. The third-order valence-corrected chi connectivity index (χ3v) is 3.79. The third-order valence-electron chi connectivity index (χ3n) is 3.54.